The lowest BCUT2D eigenvalue weighted by Gasteiger charge is -2.39. The lowest BCUT2D eigenvalue weighted by Crippen LogP contribution is -2.34. The maximum absolute atomic E-state index is 6.58. The van der Waals surface area contributed by atoms with Crippen molar-refractivity contribution in [2.75, 3.05) is 21.3 Å². The van der Waals surface area contributed by atoms with Crippen molar-refractivity contribution in [3.05, 3.63) is 80.2 Å². The molecule has 2 aliphatic heterocycles. The first-order chi connectivity index (χ1) is 16.0. The maximum Gasteiger partial charge on any atom is 0.217 e. The Kier molecular flexibility index (Phi) is 5.97. The molecule has 8 heteroatoms. The molecule has 0 N–H and O–H groups in total. The molecule has 170 valence electrons. The molecule has 0 unspecified atom stereocenters. The second kappa shape index (κ2) is 8.91. The third-order valence-corrected chi connectivity index (χ3v) is 6.98. The molecule has 3 aromatic rings. The Morgan fingerprint density at radius 3 is 2.42 bits per heavy atom. The summed E-state index contributed by atoms with van der Waals surface area (Å²) in [6, 6.07) is 17.9. The Balaban J connectivity index is 1.64. The summed E-state index contributed by atoms with van der Waals surface area (Å²) in [6.45, 7) is 0. The number of hydrazone groups is 1. The van der Waals surface area contributed by atoms with Crippen molar-refractivity contribution >= 4 is 37.6 Å². The number of rotatable bonds is 5. The fourth-order valence-corrected chi connectivity index (χ4v) is 5.74. The van der Waals surface area contributed by atoms with Crippen LogP contribution < -0.4 is 18.9 Å². The fourth-order valence-electron chi connectivity index (χ4n) is 4.38. The number of ether oxygens (including phenoxy) is 4. The van der Waals surface area contributed by atoms with Crippen LogP contribution in [0.15, 0.2) is 68.6 Å². The largest absolute Gasteiger partial charge is 0.497 e. The van der Waals surface area contributed by atoms with Gasteiger partial charge in [0.05, 0.1) is 43.1 Å². The SMILES string of the molecule is COc1ccc(C2=NN3[C@H](C2)c2cc(Br)cc(Br)c2O[C@H]3c2cccc(OC)c2OC)cc1. The van der Waals surface area contributed by atoms with Crippen LogP contribution in [0.3, 0.4) is 0 Å². The van der Waals surface area contributed by atoms with Crippen LogP contribution in [-0.2, 0) is 0 Å². The number of para-hydroxylation sites is 1. The third-order valence-electron chi connectivity index (χ3n) is 5.93. The van der Waals surface area contributed by atoms with Gasteiger partial charge in [0.15, 0.2) is 11.5 Å². The summed E-state index contributed by atoms with van der Waals surface area (Å²) in [5.74, 6) is 2.90. The highest BCUT2D eigenvalue weighted by molar-refractivity contribution is 9.11. The van der Waals surface area contributed by atoms with Gasteiger partial charge in [0.25, 0.3) is 0 Å². The minimum Gasteiger partial charge on any atom is -0.497 e. The van der Waals surface area contributed by atoms with Gasteiger partial charge >= 0.3 is 0 Å². The first kappa shape index (κ1) is 22.1. The summed E-state index contributed by atoms with van der Waals surface area (Å²) < 4.78 is 25.0. The molecule has 0 radical (unpaired) electrons. The molecule has 3 aromatic carbocycles. The van der Waals surface area contributed by atoms with Gasteiger partial charge < -0.3 is 18.9 Å². The zero-order chi connectivity index (χ0) is 23.1. The number of fused-ring (bicyclic) bond motifs is 3. The summed E-state index contributed by atoms with van der Waals surface area (Å²) in [7, 11) is 4.93. The predicted octanol–water partition coefficient (Wildman–Crippen LogP) is 6.48. The van der Waals surface area contributed by atoms with E-state index in [0.717, 1.165) is 49.3 Å². The second-order valence-electron chi connectivity index (χ2n) is 7.73. The van der Waals surface area contributed by atoms with Gasteiger partial charge in [-0.2, -0.15) is 5.10 Å². The van der Waals surface area contributed by atoms with Crippen LogP contribution in [0.25, 0.3) is 0 Å². The number of hydrogen-bond acceptors (Lipinski definition) is 6. The highest BCUT2D eigenvalue weighted by Crippen LogP contribution is 2.52. The van der Waals surface area contributed by atoms with E-state index in [1.165, 1.54) is 0 Å². The van der Waals surface area contributed by atoms with E-state index in [1.807, 2.05) is 53.5 Å². The molecule has 2 heterocycles. The van der Waals surface area contributed by atoms with Crippen LogP contribution in [-0.4, -0.2) is 32.0 Å². The van der Waals surface area contributed by atoms with Gasteiger partial charge in [0, 0.05) is 16.5 Å². The highest BCUT2D eigenvalue weighted by atomic mass is 79.9. The molecule has 33 heavy (non-hydrogen) atoms. The van der Waals surface area contributed by atoms with E-state index < -0.39 is 6.23 Å². The summed E-state index contributed by atoms with van der Waals surface area (Å²) in [5.41, 5.74) is 3.96. The van der Waals surface area contributed by atoms with E-state index in [1.54, 1.807) is 21.3 Å². The van der Waals surface area contributed by atoms with Crippen molar-refractivity contribution in [2.24, 2.45) is 5.10 Å². The Morgan fingerprint density at radius 2 is 1.73 bits per heavy atom. The minimum absolute atomic E-state index is 0.000517. The Morgan fingerprint density at radius 1 is 0.939 bits per heavy atom. The first-order valence-corrected chi connectivity index (χ1v) is 12.0. The Hall–Kier alpha value is -2.71. The molecule has 0 fully saturated rings. The van der Waals surface area contributed by atoms with Crippen molar-refractivity contribution in [1.82, 2.24) is 5.01 Å². The molecule has 0 saturated heterocycles. The monoisotopic (exact) mass is 572 g/mol. The molecular formula is C25H22Br2N2O4. The maximum atomic E-state index is 6.58. The summed E-state index contributed by atoms with van der Waals surface area (Å²) in [5, 5.41) is 7.07. The molecule has 0 amide bonds. The van der Waals surface area contributed by atoms with Crippen LogP contribution in [0, 0.1) is 0 Å². The van der Waals surface area contributed by atoms with Crippen LogP contribution >= 0.6 is 31.9 Å². The zero-order valence-corrected chi connectivity index (χ0v) is 21.5. The van der Waals surface area contributed by atoms with Crippen LogP contribution in [0.4, 0.5) is 0 Å². The number of hydrogen-bond donors (Lipinski definition) is 0. The molecule has 0 bridgehead atoms. The molecule has 2 aliphatic rings. The van der Waals surface area contributed by atoms with E-state index in [0.29, 0.717) is 11.5 Å². The van der Waals surface area contributed by atoms with E-state index in [4.69, 9.17) is 24.0 Å². The van der Waals surface area contributed by atoms with Gasteiger partial charge in [-0.25, -0.2) is 5.01 Å². The van der Waals surface area contributed by atoms with Crippen LogP contribution in [0.2, 0.25) is 0 Å². The molecule has 6 nitrogen and oxygen atoms in total. The number of halogens is 2. The van der Waals surface area contributed by atoms with Crippen molar-refractivity contribution in [3.63, 3.8) is 0 Å². The van der Waals surface area contributed by atoms with Crippen molar-refractivity contribution in [3.8, 4) is 23.0 Å². The standard InChI is InChI=1S/C25H22Br2N2O4/c1-30-16-9-7-14(8-10-16)20-13-21-18-11-15(26)12-19(27)23(18)33-25(29(21)28-20)17-5-4-6-22(31-2)24(17)32-3/h4-12,21,25H,13H2,1-3H3/t21-,25+/m1/s1. The first-order valence-electron chi connectivity index (χ1n) is 10.4. The molecular weight excluding hydrogens is 552 g/mol. The number of benzene rings is 3. The van der Waals surface area contributed by atoms with Crippen molar-refractivity contribution in [1.29, 1.82) is 0 Å². The lowest BCUT2D eigenvalue weighted by molar-refractivity contribution is -0.0212. The zero-order valence-electron chi connectivity index (χ0n) is 18.3. The van der Waals surface area contributed by atoms with Crippen molar-refractivity contribution in [2.45, 2.75) is 18.7 Å². The Labute approximate surface area is 209 Å². The van der Waals surface area contributed by atoms with Crippen molar-refractivity contribution < 1.29 is 18.9 Å². The minimum atomic E-state index is -0.485. The molecule has 2 atom stereocenters. The topological polar surface area (TPSA) is 52.5 Å². The molecule has 0 saturated carbocycles. The fraction of sp³-hybridized carbons (Fsp3) is 0.240. The van der Waals surface area contributed by atoms with Crippen LogP contribution in [0.1, 0.15) is 35.4 Å². The molecule has 0 aromatic heterocycles. The molecule has 0 spiro atoms. The Bertz CT molecular complexity index is 1230. The quantitative estimate of drug-likeness (QED) is 0.350. The lowest BCUT2D eigenvalue weighted by atomic mass is 9.95. The smallest absolute Gasteiger partial charge is 0.217 e. The van der Waals surface area contributed by atoms with Crippen LogP contribution in [0.5, 0.6) is 23.0 Å². The summed E-state index contributed by atoms with van der Waals surface area (Å²) in [6.07, 6.45) is 0.259. The molecule has 0 aliphatic carbocycles. The summed E-state index contributed by atoms with van der Waals surface area (Å²) in [4.78, 5) is 0. The van der Waals surface area contributed by atoms with Gasteiger partial charge in [-0.05, 0) is 70.0 Å². The average molecular weight is 574 g/mol. The highest BCUT2D eigenvalue weighted by Gasteiger charge is 2.43. The van der Waals surface area contributed by atoms with Gasteiger partial charge in [0.1, 0.15) is 11.5 Å². The number of nitrogens with zero attached hydrogens (tertiary/aromatic N) is 2. The second-order valence-corrected chi connectivity index (χ2v) is 9.50. The average Bonchev–Trinajstić information content (AvgIpc) is 3.29. The van der Waals surface area contributed by atoms with Gasteiger partial charge in [-0.15, -0.1) is 0 Å². The number of methoxy groups -OCH3 is 3. The van der Waals surface area contributed by atoms with E-state index >= 15 is 0 Å². The van der Waals surface area contributed by atoms with E-state index in [9.17, 15) is 0 Å². The third kappa shape index (κ3) is 3.85. The normalized spacial score (nSPS) is 18.7. The predicted molar refractivity (Wildman–Crippen MR) is 133 cm³/mol. The van der Waals surface area contributed by atoms with Gasteiger partial charge in [-0.3, -0.25) is 0 Å². The van der Waals surface area contributed by atoms with E-state index in [-0.39, 0.29) is 6.04 Å². The van der Waals surface area contributed by atoms with Gasteiger partial charge in [0.2, 0.25) is 6.23 Å². The van der Waals surface area contributed by atoms with E-state index in [2.05, 4.69) is 37.9 Å². The van der Waals surface area contributed by atoms with Gasteiger partial charge in [-0.1, -0.05) is 22.0 Å². The summed E-state index contributed by atoms with van der Waals surface area (Å²) >= 11 is 7.31. The molecule has 5 rings (SSSR count).